The predicted molar refractivity (Wildman–Crippen MR) is 200 cm³/mol. The first-order valence-electron chi connectivity index (χ1n) is 17.8. The van der Waals surface area contributed by atoms with E-state index in [1.165, 1.54) is 51.2 Å². The number of carbonyl (C=O) groups is 1. The number of benzene rings is 2. The Labute approximate surface area is 304 Å². The topological polar surface area (TPSA) is 98.3 Å². The van der Waals surface area contributed by atoms with Crippen molar-refractivity contribution in [1.29, 1.82) is 0 Å². The predicted octanol–water partition coefficient (Wildman–Crippen LogP) is 7.07. The number of hydroxylamine groups is 1. The van der Waals surface area contributed by atoms with Gasteiger partial charge in [-0.15, -0.1) is 0 Å². The van der Waals surface area contributed by atoms with E-state index in [0.29, 0.717) is 51.5 Å². The summed E-state index contributed by atoms with van der Waals surface area (Å²) in [6.45, 7) is 10.6. The molecule has 0 bridgehead atoms. The fourth-order valence-electron chi connectivity index (χ4n) is 8.02. The highest BCUT2D eigenvalue weighted by Crippen LogP contribution is 2.42. The van der Waals surface area contributed by atoms with Crippen LogP contribution in [-0.2, 0) is 9.63 Å². The van der Waals surface area contributed by atoms with E-state index in [0.717, 1.165) is 62.7 Å². The second-order valence-corrected chi connectivity index (χ2v) is 14.3. The summed E-state index contributed by atoms with van der Waals surface area (Å²) in [7, 11) is 1.65. The van der Waals surface area contributed by atoms with Crippen molar-refractivity contribution < 1.29 is 14.4 Å². The maximum Gasteiger partial charge on any atom is 0.247 e. The lowest BCUT2D eigenvalue weighted by Gasteiger charge is -2.44. The van der Waals surface area contributed by atoms with Crippen LogP contribution in [0.15, 0.2) is 55.4 Å². The van der Waals surface area contributed by atoms with E-state index < -0.39 is 0 Å². The summed E-state index contributed by atoms with van der Waals surface area (Å²) < 4.78 is 5.89. The highest BCUT2D eigenvalue weighted by atomic mass is 35.5. The number of hydrogen-bond acceptors (Lipinski definition) is 10. The van der Waals surface area contributed by atoms with Gasteiger partial charge in [0.25, 0.3) is 0 Å². The number of nitrogens with one attached hydrogen (secondary N) is 2. The zero-order valence-corrected chi connectivity index (χ0v) is 30.1. The molecule has 3 aliphatic heterocycles. The quantitative estimate of drug-likeness (QED) is 0.212. The van der Waals surface area contributed by atoms with E-state index in [1.807, 2.05) is 30.3 Å². The Balaban J connectivity index is 1.07. The molecule has 50 heavy (non-hydrogen) atoms. The molecular formula is C37H46Cl2N8O3. The molecule has 0 radical (unpaired) electrons. The number of ether oxygens (including phenoxy) is 1. The number of carbonyl (C=O) groups excluding carboxylic acids is 1. The van der Waals surface area contributed by atoms with E-state index in [1.54, 1.807) is 18.2 Å². The molecule has 1 atom stereocenters. The molecule has 1 saturated carbocycles. The van der Waals surface area contributed by atoms with Gasteiger partial charge < -0.3 is 20.3 Å². The van der Waals surface area contributed by atoms with Crippen LogP contribution in [0.4, 0.5) is 28.7 Å². The van der Waals surface area contributed by atoms with Crippen LogP contribution in [0.25, 0.3) is 0 Å². The van der Waals surface area contributed by atoms with Gasteiger partial charge in [0, 0.05) is 69.9 Å². The minimum Gasteiger partial charge on any atom is -0.494 e. The summed E-state index contributed by atoms with van der Waals surface area (Å²) in [6.07, 6.45) is 11.2. The number of piperidine rings is 1. The first kappa shape index (κ1) is 34.8. The number of aromatic nitrogens is 2. The Morgan fingerprint density at radius 1 is 0.940 bits per heavy atom. The number of amides is 1. The Morgan fingerprint density at radius 3 is 2.36 bits per heavy atom. The van der Waals surface area contributed by atoms with E-state index in [2.05, 4.69) is 41.9 Å². The van der Waals surface area contributed by atoms with Crippen molar-refractivity contribution in [2.75, 3.05) is 73.6 Å². The maximum absolute atomic E-state index is 12.6. The number of anilines is 5. The normalized spacial score (nSPS) is 21.1. The lowest BCUT2D eigenvalue weighted by Crippen LogP contribution is -2.54. The van der Waals surface area contributed by atoms with Gasteiger partial charge in [0.05, 0.1) is 46.9 Å². The van der Waals surface area contributed by atoms with Crippen molar-refractivity contribution in [1.82, 2.24) is 19.8 Å². The van der Waals surface area contributed by atoms with Crippen molar-refractivity contribution in [2.24, 2.45) is 0 Å². The van der Waals surface area contributed by atoms with E-state index in [9.17, 15) is 4.79 Å². The van der Waals surface area contributed by atoms with Gasteiger partial charge in [-0.2, -0.15) is 0 Å². The third-order valence-electron chi connectivity index (χ3n) is 10.7. The van der Waals surface area contributed by atoms with Gasteiger partial charge in [-0.3, -0.25) is 19.4 Å². The summed E-state index contributed by atoms with van der Waals surface area (Å²) in [5, 5.41) is 9.17. The van der Waals surface area contributed by atoms with Crippen molar-refractivity contribution in [3.05, 3.63) is 71.0 Å². The highest BCUT2D eigenvalue weighted by Gasteiger charge is 2.33. The van der Waals surface area contributed by atoms with Gasteiger partial charge in [-0.1, -0.05) is 54.8 Å². The molecule has 0 spiro atoms. The molecule has 4 aliphatic rings. The number of methoxy groups -OCH3 is 1. The van der Waals surface area contributed by atoms with Crippen LogP contribution >= 0.6 is 23.2 Å². The largest absolute Gasteiger partial charge is 0.494 e. The minimum absolute atomic E-state index is 0.163. The molecule has 3 aromatic rings. The van der Waals surface area contributed by atoms with Gasteiger partial charge in [0.1, 0.15) is 17.9 Å². The molecule has 1 aromatic heterocycles. The zero-order chi connectivity index (χ0) is 34.6. The molecule has 11 nitrogen and oxygen atoms in total. The fraction of sp³-hybridized carbons (Fsp3) is 0.486. The number of rotatable bonds is 10. The molecule has 1 aliphatic carbocycles. The van der Waals surface area contributed by atoms with E-state index in [-0.39, 0.29) is 11.9 Å². The summed E-state index contributed by atoms with van der Waals surface area (Å²) >= 11 is 12.9. The summed E-state index contributed by atoms with van der Waals surface area (Å²) in [5.41, 5.74) is 3.11. The first-order valence-corrected chi connectivity index (χ1v) is 18.5. The molecule has 4 fully saturated rings. The van der Waals surface area contributed by atoms with Crippen LogP contribution < -0.4 is 25.3 Å². The SMILES string of the molecule is C=CC(=O)Nc1cc(Nc2cc(N3OCCC3c3cccc(Cl)c3Cl)ncn2)c(OC)cc1N1CCC(N2CCN(C3CCCC3)CC2)CC1. The van der Waals surface area contributed by atoms with Crippen LogP contribution in [0, 0.1) is 0 Å². The minimum atomic E-state index is -0.279. The molecule has 266 valence electrons. The van der Waals surface area contributed by atoms with Gasteiger partial charge in [0.2, 0.25) is 5.91 Å². The number of piperazine rings is 1. The zero-order valence-electron chi connectivity index (χ0n) is 28.6. The first-order chi connectivity index (χ1) is 24.4. The van der Waals surface area contributed by atoms with Gasteiger partial charge in [-0.25, -0.2) is 15.0 Å². The van der Waals surface area contributed by atoms with Gasteiger partial charge in [-0.05, 0) is 49.5 Å². The number of hydrogen-bond donors (Lipinski definition) is 2. The average Bonchev–Trinajstić information content (AvgIpc) is 3.87. The highest BCUT2D eigenvalue weighted by molar-refractivity contribution is 6.42. The standard InChI is InChI=1S/C37H46Cl2N8O3/c1-3-36(48)43-29-21-30(42-34-23-35(41-24-40-34)47-31(13-20-50-47)27-9-6-10-28(38)37(27)39)33(49-2)22-32(29)46-14-11-26(12-15-46)45-18-16-44(17-19-45)25-7-4-5-8-25/h3,6,9-10,21-26,31H,1,4-5,7-8,11-20H2,2H3,(H,43,48)(H,40,41,42). The van der Waals surface area contributed by atoms with Crippen molar-refractivity contribution in [3.8, 4) is 5.75 Å². The smallest absolute Gasteiger partial charge is 0.247 e. The summed E-state index contributed by atoms with van der Waals surface area (Å²) in [5.74, 6) is 1.45. The third-order valence-corrected chi connectivity index (χ3v) is 11.5. The van der Waals surface area contributed by atoms with Crippen LogP contribution in [0.3, 0.4) is 0 Å². The molecule has 1 unspecified atom stereocenters. The second kappa shape index (κ2) is 15.7. The molecular weight excluding hydrogens is 675 g/mol. The van der Waals surface area contributed by atoms with Crippen LogP contribution in [0.2, 0.25) is 10.0 Å². The van der Waals surface area contributed by atoms with E-state index in [4.69, 9.17) is 32.8 Å². The second-order valence-electron chi connectivity index (χ2n) is 13.5. The fourth-order valence-corrected chi connectivity index (χ4v) is 8.45. The molecule has 7 rings (SSSR count). The van der Waals surface area contributed by atoms with Crippen LogP contribution in [0.5, 0.6) is 5.75 Å². The summed E-state index contributed by atoms with van der Waals surface area (Å²) in [6, 6.07) is 12.5. The Morgan fingerprint density at radius 2 is 1.66 bits per heavy atom. The van der Waals surface area contributed by atoms with Crippen LogP contribution in [0.1, 0.15) is 56.6 Å². The van der Waals surface area contributed by atoms with Crippen LogP contribution in [-0.4, -0.2) is 90.7 Å². The van der Waals surface area contributed by atoms with Crippen molar-refractivity contribution >= 4 is 57.8 Å². The number of nitrogens with zero attached hydrogens (tertiary/aromatic N) is 6. The van der Waals surface area contributed by atoms with E-state index >= 15 is 0 Å². The lowest BCUT2D eigenvalue weighted by atomic mass is 10.0. The summed E-state index contributed by atoms with van der Waals surface area (Å²) in [4.78, 5) is 35.4. The van der Waals surface area contributed by atoms with Crippen molar-refractivity contribution in [2.45, 2.75) is 63.1 Å². The third kappa shape index (κ3) is 7.52. The Kier molecular flexibility index (Phi) is 11.0. The van der Waals surface area contributed by atoms with Gasteiger partial charge in [0.15, 0.2) is 5.82 Å². The molecule has 2 aromatic carbocycles. The molecule has 3 saturated heterocycles. The average molecular weight is 722 g/mol. The lowest BCUT2D eigenvalue weighted by molar-refractivity contribution is -0.111. The number of halogens is 2. The van der Waals surface area contributed by atoms with Crippen molar-refractivity contribution in [3.63, 3.8) is 0 Å². The Hall–Kier alpha value is -3.61. The molecule has 4 heterocycles. The maximum atomic E-state index is 12.6. The molecule has 2 N–H and O–H groups in total. The van der Waals surface area contributed by atoms with Gasteiger partial charge >= 0.3 is 0 Å². The molecule has 1 amide bonds. The molecule has 13 heteroatoms. The Bertz CT molecular complexity index is 1670. The monoisotopic (exact) mass is 720 g/mol.